The monoisotopic (exact) mass is 263 g/mol. The number of hydrogen-bond acceptors (Lipinski definition) is 4. The van der Waals surface area contributed by atoms with E-state index < -0.39 is 0 Å². The third-order valence-electron chi connectivity index (χ3n) is 2.29. The molecular weight excluding hydrogens is 246 g/mol. The lowest BCUT2D eigenvalue weighted by atomic mass is 10.2. The number of azide groups is 1. The number of amides is 1. The first kappa shape index (κ1) is 14.8. The molecule has 0 spiro atoms. The second-order valence-corrected chi connectivity index (χ2v) is 3.73. The summed E-state index contributed by atoms with van der Waals surface area (Å²) >= 11 is 0. The standard InChI is InChI=1S/C12H17N5O2/c13-6-9-19-11-4-2-10(3-5-11)12(18)15-7-1-8-16-17-14/h2-5H,1,6-9,13H2,(H,15,18). The zero-order chi connectivity index (χ0) is 13.9. The minimum atomic E-state index is -0.161. The minimum Gasteiger partial charge on any atom is -0.492 e. The molecule has 7 heteroatoms. The summed E-state index contributed by atoms with van der Waals surface area (Å²) in [5, 5.41) is 6.12. The fraction of sp³-hybridized carbons (Fsp3) is 0.417. The highest BCUT2D eigenvalue weighted by Crippen LogP contribution is 2.11. The van der Waals surface area contributed by atoms with E-state index in [9.17, 15) is 4.79 Å². The first-order valence-corrected chi connectivity index (χ1v) is 6.00. The van der Waals surface area contributed by atoms with Gasteiger partial charge in [-0.05, 0) is 36.2 Å². The van der Waals surface area contributed by atoms with Crippen molar-refractivity contribution >= 4 is 5.91 Å². The van der Waals surface area contributed by atoms with Gasteiger partial charge in [0.05, 0.1) is 0 Å². The first-order chi connectivity index (χ1) is 9.27. The second-order valence-electron chi connectivity index (χ2n) is 3.73. The van der Waals surface area contributed by atoms with Crippen LogP contribution >= 0.6 is 0 Å². The maximum atomic E-state index is 11.7. The molecular formula is C12H17N5O2. The van der Waals surface area contributed by atoms with Gasteiger partial charge in [-0.15, -0.1) is 0 Å². The number of benzene rings is 1. The van der Waals surface area contributed by atoms with Crippen molar-refractivity contribution in [2.75, 3.05) is 26.2 Å². The number of hydrogen-bond donors (Lipinski definition) is 2. The van der Waals surface area contributed by atoms with Gasteiger partial charge in [0, 0.05) is 30.1 Å². The first-order valence-electron chi connectivity index (χ1n) is 6.00. The number of nitrogens with zero attached hydrogens (tertiary/aromatic N) is 3. The molecule has 1 aromatic carbocycles. The van der Waals surface area contributed by atoms with Gasteiger partial charge in [0.2, 0.25) is 0 Å². The van der Waals surface area contributed by atoms with E-state index in [0.717, 1.165) is 0 Å². The van der Waals surface area contributed by atoms with Gasteiger partial charge >= 0.3 is 0 Å². The van der Waals surface area contributed by atoms with E-state index in [0.29, 0.717) is 44.0 Å². The van der Waals surface area contributed by atoms with Crippen molar-refractivity contribution < 1.29 is 9.53 Å². The fourth-order valence-corrected chi connectivity index (χ4v) is 1.38. The Hall–Kier alpha value is -2.24. The zero-order valence-electron chi connectivity index (χ0n) is 10.6. The summed E-state index contributed by atoms with van der Waals surface area (Å²) < 4.78 is 5.31. The molecule has 0 aliphatic carbocycles. The summed E-state index contributed by atoms with van der Waals surface area (Å²) in [6.45, 7) is 1.75. The van der Waals surface area contributed by atoms with Crippen LogP contribution in [0.25, 0.3) is 10.4 Å². The molecule has 0 saturated heterocycles. The number of ether oxygens (including phenoxy) is 1. The molecule has 0 aliphatic heterocycles. The summed E-state index contributed by atoms with van der Waals surface area (Å²) in [4.78, 5) is 14.4. The summed E-state index contributed by atoms with van der Waals surface area (Å²) in [6.07, 6.45) is 0.619. The van der Waals surface area contributed by atoms with Crippen molar-refractivity contribution in [1.82, 2.24) is 5.32 Å². The third kappa shape index (κ3) is 5.76. The van der Waals surface area contributed by atoms with Gasteiger partial charge in [-0.3, -0.25) is 4.79 Å². The van der Waals surface area contributed by atoms with Gasteiger partial charge in [0.15, 0.2) is 0 Å². The van der Waals surface area contributed by atoms with Gasteiger partial charge < -0.3 is 15.8 Å². The molecule has 0 saturated carbocycles. The lowest BCUT2D eigenvalue weighted by Gasteiger charge is -2.06. The highest BCUT2D eigenvalue weighted by Gasteiger charge is 2.04. The van der Waals surface area contributed by atoms with Crippen molar-refractivity contribution in [2.45, 2.75) is 6.42 Å². The van der Waals surface area contributed by atoms with Crippen molar-refractivity contribution in [3.63, 3.8) is 0 Å². The van der Waals surface area contributed by atoms with Crippen LogP contribution in [-0.4, -0.2) is 32.1 Å². The normalized spacial score (nSPS) is 9.53. The van der Waals surface area contributed by atoms with Crippen LogP contribution in [0.3, 0.4) is 0 Å². The molecule has 0 aromatic heterocycles. The predicted octanol–water partition coefficient (Wildman–Crippen LogP) is 1.45. The predicted molar refractivity (Wildman–Crippen MR) is 72.0 cm³/mol. The highest BCUT2D eigenvalue weighted by atomic mass is 16.5. The van der Waals surface area contributed by atoms with E-state index in [4.69, 9.17) is 16.0 Å². The van der Waals surface area contributed by atoms with E-state index in [1.807, 2.05) is 0 Å². The number of rotatable bonds is 8. The maximum Gasteiger partial charge on any atom is 0.251 e. The summed E-state index contributed by atoms with van der Waals surface area (Å²) in [6, 6.07) is 6.83. The topological polar surface area (TPSA) is 113 Å². The van der Waals surface area contributed by atoms with Crippen molar-refractivity contribution in [2.24, 2.45) is 10.8 Å². The van der Waals surface area contributed by atoms with Crippen LogP contribution in [0.5, 0.6) is 5.75 Å². The van der Waals surface area contributed by atoms with E-state index in [1.54, 1.807) is 24.3 Å². The van der Waals surface area contributed by atoms with Crippen LogP contribution in [0, 0.1) is 0 Å². The van der Waals surface area contributed by atoms with Crippen LogP contribution in [0.15, 0.2) is 29.4 Å². The molecule has 0 aliphatic rings. The van der Waals surface area contributed by atoms with Gasteiger partial charge in [-0.25, -0.2) is 0 Å². The Morgan fingerprint density at radius 2 is 2.16 bits per heavy atom. The SMILES string of the molecule is [N-]=[N+]=NCCCNC(=O)c1ccc(OCCN)cc1. The molecule has 1 rings (SSSR count). The van der Waals surface area contributed by atoms with E-state index in [-0.39, 0.29) is 5.91 Å². The molecule has 19 heavy (non-hydrogen) atoms. The molecule has 0 unspecified atom stereocenters. The second kappa shape index (κ2) is 8.79. The average molecular weight is 263 g/mol. The lowest BCUT2D eigenvalue weighted by Crippen LogP contribution is -2.24. The maximum absolute atomic E-state index is 11.7. The van der Waals surface area contributed by atoms with E-state index >= 15 is 0 Å². The Balaban J connectivity index is 2.37. The number of nitrogens with one attached hydrogen (secondary N) is 1. The highest BCUT2D eigenvalue weighted by molar-refractivity contribution is 5.94. The van der Waals surface area contributed by atoms with Crippen molar-refractivity contribution in [1.29, 1.82) is 0 Å². The summed E-state index contributed by atoms with van der Waals surface area (Å²) in [7, 11) is 0. The Morgan fingerprint density at radius 3 is 2.79 bits per heavy atom. The number of carbonyl (C=O) groups excluding carboxylic acids is 1. The molecule has 1 amide bonds. The minimum absolute atomic E-state index is 0.161. The van der Waals surface area contributed by atoms with Gasteiger partial charge in [0.1, 0.15) is 12.4 Å². The number of carbonyl (C=O) groups is 1. The third-order valence-corrected chi connectivity index (χ3v) is 2.29. The summed E-state index contributed by atoms with van der Waals surface area (Å²) in [5.74, 6) is 0.525. The van der Waals surface area contributed by atoms with Crippen LogP contribution in [0.4, 0.5) is 0 Å². The molecule has 0 bridgehead atoms. The molecule has 1 aromatic rings. The Morgan fingerprint density at radius 1 is 1.42 bits per heavy atom. The molecule has 7 nitrogen and oxygen atoms in total. The fourth-order valence-electron chi connectivity index (χ4n) is 1.38. The smallest absolute Gasteiger partial charge is 0.251 e. The summed E-state index contributed by atoms with van der Waals surface area (Å²) in [5.41, 5.74) is 14.0. The number of nitrogens with two attached hydrogens (primary N) is 1. The van der Waals surface area contributed by atoms with Crippen LogP contribution in [-0.2, 0) is 0 Å². The Labute approximate surface area is 111 Å². The lowest BCUT2D eigenvalue weighted by molar-refractivity contribution is 0.0953. The van der Waals surface area contributed by atoms with Gasteiger partial charge in [-0.2, -0.15) is 0 Å². The van der Waals surface area contributed by atoms with Gasteiger partial charge in [0.25, 0.3) is 5.91 Å². The zero-order valence-corrected chi connectivity index (χ0v) is 10.6. The van der Waals surface area contributed by atoms with Crippen LogP contribution in [0.1, 0.15) is 16.8 Å². The Bertz CT molecular complexity index is 440. The molecule has 0 heterocycles. The average Bonchev–Trinajstić information content (AvgIpc) is 2.45. The van der Waals surface area contributed by atoms with Crippen LogP contribution in [0.2, 0.25) is 0 Å². The van der Waals surface area contributed by atoms with E-state index in [2.05, 4.69) is 15.3 Å². The quantitative estimate of drug-likeness (QED) is 0.320. The molecule has 0 fully saturated rings. The van der Waals surface area contributed by atoms with E-state index in [1.165, 1.54) is 0 Å². The Kier molecular flexibility index (Phi) is 6.86. The molecule has 102 valence electrons. The molecule has 0 radical (unpaired) electrons. The molecule has 3 N–H and O–H groups in total. The molecule has 0 atom stereocenters. The van der Waals surface area contributed by atoms with Crippen LogP contribution < -0.4 is 15.8 Å². The largest absolute Gasteiger partial charge is 0.492 e. The van der Waals surface area contributed by atoms with Crippen molar-refractivity contribution in [3.05, 3.63) is 40.3 Å². The van der Waals surface area contributed by atoms with Gasteiger partial charge in [-0.1, -0.05) is 5.11 Å². The van der Waals surface area contributed by atoms with Crippen molar-refractivity contribution in [3.8, 4) is 5.75 Å².